The number of halogens is 6. The average Bonchev–Trinajstić information content (AvgIpc) is 2.76. The zero-order chi connectivity index (χ0) is 26.4. The van der Waals surface area contributed by atoms with E-state index in [-0.39, 0.29) is 17.7 Å². The minimum atomic E-state index is -4.68. The van der Waals surface area contributed by atoms with Gasteiger partial charge in [0, 0.05) is 12.1 Å². The first-order chi connectivity index (χ1) is 16.2. The Hall–Kier alpha value is -3.61. The summed E-state index contributed by atoms with van der Waals surface area (Å²) in [4.78, 5) is 36.3. The van der Waals surface area contributed by atoms with Gasteiger partial charge in [0.2, 0.25) is 11.8 Å². The second-order valence-corrected chi connectivity index (χ2v) is 7.47. The highest BCUT2D eigenvalue weighted by molar-refractivity contribution is 5.98. The van der Waals surface area contributed by atoms with Crippen LogP contribution in [0, 0.1) is 0 Å². The third kappa shape index (κ3) is 8.28. The number of hydrogen-bond acceptors (Lipinski definition) is 4. The molecule has 0 heterocycles. The smallest absolute Gasteiger partial charge is 0.416 e. The fourth-order valence-corrected chi connectivity index (χ4v) is 3.05. The van der Waals surface area contributed by atoms with Crippen LogP contribution >= 0.6 is 0 Å². The van der Waals surface area contributed by atoms with E-state index >= 15 is 0 Å². The van der Waals surface area contributed by atoms with Crippen molar-refractivity contribution in [2.24, 2.45) is 0 Å². The predicted molar refractivity (Wildman–Crippen MR) is 112 cm³/mol. The van der Waals surface area contributed by atoms with Gasteiger partial charge in [-0.1, -0.05) is 18.2 Å². The van der Waals surface area contributed by atoms with Crippen LogP contribution < -0.4 is 16.0 Å². The summed E-state index contributed by atoms with van der Waals surface area (Å²) >= 11 is 0. The van der Waals surface area contributed by atoms with Crippen LogP contribution in [-0.4, -0.2) is 42.0 Å². The lowest BCUT2D eigenvalue weighted by Crippen LogP contribution is -2.52. The molecule has 0 aromatic heterocycles. The maximum atomic E-state index is 13.0. The lowest BCUT2D eigenvalue weighted by atomic mass is 10.0. The lowest BCUT2D eigenvalue weighted by Gasteiger charge is -2.22. The van der Waals surface area contributed by atoms with Gasteiger partial charge >= 0.3 is 18.3 Å². The van der Waals surface area contributed by atoms with Crippen LogP contribution in [0.2, 0.25) is 0 Å². The number of rotatable bonds is 9. The number of anilines is 1. The molecule has 2 amide bonds. The highest BCUT2D eigenvalue weighted by Crippen LogP contribution is 2.31. The van der Waals surface area contributed by atoms with Gasteiger partial charge in [-0.3, -0.25) is 14.4 Å². The summed E-state index contributed by atoms with van der Waals surface area (Å²) in [6, 6.07) is 4.76. The van der Waals surface area contributed by atoms with Crippen molar-refractivity contribution < 1.29 is 45.8 Å². The molecule has 7 nitrogen and oxygen atoms in total. The zero-order valence-corrected chi connectivity index (χ0v) is 18.1. The van der Waals surface area contributed by atoms with E-state index in [9.17, 15) is 40.7 Å². The predicted octanol–water partition coefficient (Wildman–Crippen LogP) is 3.45. The van der Waals surface area contributed by atoms with Crippen LogP contribution in [0.15, 0.2) is 48.5 Å². The van der Waals surface area contributed by atoms with Crippen LogP contribution in [0.4, 0.5) is 32.0 Å². The molecule has 0 aliphatic rings. The van der Waals surface area contributed by atoms with Crippen molar-refractivity contribution in [3.05, 3.63) is 65.2 Å². The van der Waals surface area contributed by atoms with E-state index in [1.807, 2.05) is 0 Å². The summed E-state index contributed by atoms with van der Waals surface area (Å²) in [5, 5.41) is 16.0. The Morgan fingerprint density at radius 1 is 0.857 bits per heavy atom. The maximum Gasteiger partial charge on any atom is 0.416 e. The van der Waals surface area contributed by atoms with E-state index in [4.69, 9.17) is 5.11 Å². The first-order valence-corrected chi connectivity index (χ1v) is 10.0. The Labute approximate surface area is 195 Å². The van der Waals surface area contributed by atoms with Crippen molar-refractivity contribution in [1.82, 2.24) is 10.6 Å². The summed E-state index contributed by atoms with van der Waals surface area (Å²) < 4.78 is 77.4. The second kappa shape index (κ2) is 11.2. The Morgan fingerprint density at radius 3 is 1.97 bits per heavy atom. The van der Waals surface area contributed by atoms with Gasteiger partial charge in [0.15, 0.2) is 0 Å². The molecule has 35 heavy (non-hydrogen) atoms. The average molecular weight is 505 g/mol. The fraction of sp³-hybridized carbons (Fsp3) is 0.318. The summed E-state index contributed by atoms with van der Waals surface area (Å²) in [6.45, 7) is 0. The van der Waals surface area contributed by atoms with E-state index in [0.29, 0.717) is 6.07 Å². The standard InChI is InChI=1S/C22H21F6N3O4/c1-29-16(11-18(32)33)19(34)31-17(9-12-5-7-13(8-6-12)21(23,24)25)20(35)30-15-4-2-3-14(10-15)22(26,27)28/h2-8,10,16-17,29H,9,11H2,1H3,(H,30,35)(H,31,34)(H,32,33)/t16-,17-/m0/s1. The van der Waals surface area contributed by atoms with E-state index in [1.165, 1.54) is 13.1 Å². The Morgan fingerprint density at radius 2 is 1.46 bits per heavy atom. The van der Waals surface area contributed by atoms with E-state index in [0.717, 1.165) is 36.4 Å². The largest absolute Gasteiger partial charge is 0.481 e. The SMILES string of the molecule is CN[C@@H](CC(=O)O)C(=O)N[C@@H](Cc1ccc(C(F)(F)F)cc1)C(=O)Nc1cccc(C(F)(F)F)c1. The molecule has 0 fully saturated rings. The third-order valence-electron chi connectivity index (χ3n) is 4.86. The van der Waals surface area contributed by atoms with Crippen molar-refractivity contribution in [2.45, 2.75) is 37.3 Å². The molecule has 2 aromatic carbocycles. The summed E-state index contributed by atoms with van der Waals surface area (Å²) in [7, 11) is 1.31. The summed E-state index contributed by atoms with van der Waals surface area (Å²) in [5.74, 6) is -3.17. The normalized spacial score (nSPS) is 13.6. The van der Waals surface area contributed by atoms with Gasteiger partial charge < -0.3 is 21.1 Å². The van der Waals surface area contributed by atoms with Gasteiger partial charge in [-0.05, 0) is 42.9 Å². The number of benzene rings is 2. The highest BCUT2D eigenvalue weighted by Gasteiger charge is 2.32. The van der Waals surface area contributed by atoms with Crippen molar-refractivity contribution in [3.63, 3.8) is 0 Å². The maximum absolute atomic E-state index is 13.0. The van der Waals surface area contributed by atoms with Crippen LogP contribution in [0.3, 0.4) is 0 Å². The molecule has 0 bridgehead atoms. The number of amides is 2. The molecule has 2 atom stereocenters. The van der Waals surface area contributed by atoms with Gasteiger partial charge in [0.05, 0.1) is 23.6 Å². The molecular formula is C22H21F6N3O4. The molecule has 190 valence electrons. The highest BCUT2D eigenvalue weighted by atomic mass is 19.4. The van der Waals surface area contributed by atoms with Gasteiger partial charge in [-0.2, -0.15) is 26.3 Å². The number of carbonyl (C=O) groups excluding carboxylic acids is 2. The number of carbonyl (C=O) groups is 3. The minimum absolute atomic E-state index is 0.210. The topological polar surface area (TPSA) is 108 Å². The third-order valence-corrected chi connectivity index (χ3v) is 4.86. The molecule has 0 unspecified atom stereocenters. The van der Waals surface area contributed by atoms with E-state index < -0.39 is 59.8 Å². The molecule has 0 saturated heterocycles. The number of nitrogens with one attached hydrogen (secondary N) is 3. The fourth-order valence-electron chi connectivity index (χ4n) is 3.05. The summed E-state index contributed by atoms with van der Waals surface area (Å²) in [5.41, 5.74) is -1.99. The molecule has 0 spiro atoms. The number of aliphatic carboxylic acids is 1. The quantitative estimate of drug-likeness (QED) is 0.391. The number of carboxylic acids is 1. The van der Waals surface area contributed by atoms with E-state index in [2.05, 4.69) is 16.0 Å². The van der Waals surface area contributed by atoms with Crippen molar-refractivity contribution >= 4 is 23.5 Å². The van der Waals surface area contributed by atoms with Gasteiger partial charge in [0.1, 0.15) is 6.04 Å². The minimum Gasteiger partial charge on any atom is -0.481 e. The second-order valence-electron chi connectivity index (χ2n) is 7.47. The monoisotopic (exact) mass is 505 g/mol. The van der Waals surface area contributed by atoms with Crippen molar-refractivity contribution in [2.75, 3.05) is 12.4 Å². The molecule has 4 N–H and O–H groups in total. The van der Waals surface area contributed by atoms with Gasteiger partial charge in [-0.25, -0.2) is 0 Å². The first-order valence-electron chi connectivity index (χ1n) is 10.0. The Kier molecular flexibility index (Phi) is 8.85. The zero-order valence-electron chi connectivity index (χ0n) is 18.1. The molecule has 0 aliphatic heterocycles. The summed E-state index contributed by atoms with van der Waals surface area (Å²) in [6.07, 6.45) is -10.2. The molecule has 2 aromatic rings. The van der Waals surface area contributed by atoms with Gasteiger partial charge in [-0.15, -0.1) is 0 Å². The Bertz CT molecular complexity index is 1050. The van der Waals surface area contributed by atoms with E-state index in [1.54, 1.807) is 0 Å². The molecule has 0 aliphatic carbocycles. The number of hydrogen-bond donors (Lipinski definition) is 4. The molecule has 0 radical (unpaired) electrons. The molecular weight excluding hydrogens is 484 g/mol. The lowest BCUT2D eigenvalue weighted by molar-refractivity contribution is -0.140. The van der Waals surface area contributed by atoms with Gasteiger partial charge in [0.25, 0.3) is 0 Å². The number of likely N-dealkylation sites (N-methyl/N-ethyl adjacent to an activating group) is 1. The van der Waals surface area contributed by atoms with Crippen molar-refractivity contribution in [3.8, 4) is 0 Å². The number of carboxylic acid groups (broad SMARTS) is 1. The Balaban J connectivity index is 2.29. The van der Waals surface area contributed by atoms with Crippen LogP contribution in [0.1, 0.15) is 23.1 Å². The number of alkyl halides is 6. The van der Waals surface area contributed by atoms with Crippen LogP contribution in [-0.2, 0) is 33.2 Å². The first kappa shape index (κ1) is 27.6. The molecule has 13 heteroatoms. The van der Waals surface area contributed by atoms with Crippen LogP contribution in [0.25, 0.3) is 0 Å². The van der Waals surface area contributed by atoms with Crippen molar-refractivity contribution in [1.29, 1.82) is 0 Å². The van der Waals surface area contributed by atoms with Crippen LogP contribution in [0.5, 0.6) is 0 Å². The molecule has 2 rings (SSSR count). The molecule has 0 saturated carbocycles.